The van der Waals surface area contributed by atoms with Crippen molar-refractivity contribution in [2.75, 3.05) is 20.1 Å². The third kappa shape index (κ3) is 1.22. The minimum absolute atomic E-state index is 0.240. The minimum atomic E-state index is 0.240. The Morgan fingerprint density at radius 1 is 1.33 bits per heavy atom. The molecular formula is C9H16N2O. The van der Waals surface area contributed by atoms with Gasteiger partial charge in [-0.25, -0.2) is 0 Å². The fourth-order valence-corrected chi connectivity index (χ4v) is 2.58. The first-order valence-electron chi connectivity index (χ1n) is 4.73. The van der Waals surface area contributed by atoms with Crippen LogP contribution in [0.3, 0.4) is 0 Å². The Hall–Kier alpha value is -0.570. The van der Waals surface area contributed by atoms with E-state index >= 15 is 0 Å². The van der Waals surface area contributed by atoms with Gasteiger partial charge in [-0.1, -0.05) is 0 Å². The molecule has 3 atom stereocenters. The lowest BCUT2D eigenvalue weighted by Gasteiger charge is -2.08. The number of carbonyl (C=O) groups excluding carboxylic acids is 1. The summed E-state index contributed by atoms with van der Waals surface area (Å²) in [6.07, 6.45) is 2.19. The number of hydrogen-bond donors (Lipinski definition) is 2. The van der Waals surface area contributed by atoms with Crippen molar-refractivity contribution in [3.8, 4) is 0 Å². The molecule has 1 unspecified atom stereocenters. The average molecular weight is 168 g/mol. The zero-order valence-corrected chi connectivity index (χ0v) is 7.47. The van der Waals surface area contributed by atoms with Gasteiger partial charge in [-0.2, -0.15) is 0 Å². The minimum Gasteiger partial charge on any atom is -0.359 e. The summed E-state index contributed by atoms with van der Waals surface area (Å²) in [5.41, 5.74) is 0. The van der Waals surface area contributed by atoms with Crippen LogP contribution in [0, 0.1) is 17.8 Å². The van der Waals surface area contributed by atoms with E-state index in [-0.39, 0.29) is 5.91 Å². The van der Waals surface area contributed by atoms with Gasteiger partial charge in [0.15, 0.2) is 0 Å². The van der Waals surface area contributed by atoms with Crippen LogP contribution in [0.25, 0.3) is 0 Å². The molecule has 2 N–H and O–H groups in total. The highest BCUT2D eigenvalue weighted by atomic mass is 16.1. The van der Waals surface area contributed by atoms with Crippen molar-refractivity contribution in [1.29, 1.82) is 0 Å². The molecule has 0 aromatic rings. The third-order valence-electron chi connectivity index (χ3n) is 3.27. The molecule has 0 aromatic carbocycles. The van der Waals surface area contributed by atoms with Crippen molar-refractivity contribution in [3.05, 3.63) is 0 Å². The molecule has 1 saturated carbocycles. The number of amides is 1. The van der Waals surface area contributed by atoms with Gasteiger partial charge in [0.1, 0.15) is 0 Å². The van der Waals surface area contributed by atoms with Crippen LogP contribution in [0.4, 0.5) is 0 Å². The molecule has 1 saturated heterocycles. The van der Waals surface area contributed by atoms with Crippen molar-refractivity contribution in [3.63, 3.8) is 0 Å². The van der Waals surface area contributed by atoms with E-state index in [1.54, 1.807) is 7.05 Å². The van der Waals surface area contributed by atoms with Gasteiger partial charge in [0.25, 0.3) is 0 Å². The van der Waals surface area contributed by atoms with Crippen molar-refractivity contribution < 1.29 is 4.79 Å². The van der Waals surface area contributed by atoms with E-state index in [0.29, 0.717) is 5.92 Å². The molecule has 1 aliphatic heterocycles. The van der Waals surface area contributed by atoms with E-state index in [4.69, 9.17) is 0 Å². The molecule has 2 aliphatic rings. The summed E-state index contributed by atoms with van der Waals surface area (Å²) in [7, 11) is 1.73. The largest absolute Gasteiger partial charge is 0.359 e. The predicted octanol–water partition coefficient (Wildman–Crippen LogP) is -0.0220. The standard InChI is InChI=1S/C9H16N2O/c1-10-9(12)6-2-7-4-11-5-8(7)3-6/h6-8,11H,2-5H2,1H3,(H,10,12)/t6?,7-,8+. The average Bonchev–Trinajstić information content (AvgIpc) is 2.60. The maximum Gasteiger partial charge on any atom is 0.222 e. The summed E-state index contributed by atoms with van der Waals surface area (Å²) in [5.74, 6) is 2.08. The van der Waals surface area contributed by atoms with Crippen LogP contribution >= 0.6 is 0 Å². The Kier molecular flexibility index (Phi) is 2.05. The van der Waals surface area contributed by atoms with E-state index in [1.165, 1.54) is 0 Å². The zero-order valence-electron chi connectivity index (χ0n) is 7.47. The number of carbonyl (C=O) groups is 1. The van der Waals surface area contributed by atoms with Crippen LogP contribution in [-0.2, 0) is 4.79 Å². The Morgan fingerprint density at radius 2 is 1.92 bits per heavy atom. The van der Waals surface area contributed by atoms with Crippen LogP contribution in [0.15, 0.2) is 0 Å². The van der Waals surface area contributed by atoms with Gasteiger partial charge in [-0.15, -0.1) is 0 Å². The number of rotatable bonds is 1. The quantitative estimate of drug-likeness (QED) is 0.577. The van der Waals surface area contributed by atoms with Gasteiger partial charge < -0.3 is 10.6 Å². The molecule has 1 heterocycles. The van der Waals surface area contributed by atoms with Gasteiger partial charge in [-0.3, -0.25) is 4.79 Å². The summed E-state index contributed by atoms with van der Waals surface area (Å²) < 4.78 is 0. The van der Waals surface area contributed by atoms with Crippen molar-refractivity contribution in [1.82, 2.24) is 10.6 Å². The molecule has 2 rings (SSSR count). The summed E-state index contributed by atoms with van der Waals surface area (Å²) in [4.78, 5) is 11.3. The normalized spacial score (nSPS) is 39.6. The van der Waals surface area contributed by atoms with Gasteiger partial charge in [0, 0.05) is 13.0 Å². The summed E-state index contributed by atoms with van der Waals surface area (Å²) >= 11 is 0. The van der Waals surface area contributed by atoms with Crippen LogP contribution < -0.4 is 10.6 Å². The maximum absolute atomic E-state index is 11.3. The molecule has 0 bridgehead atoms. The fourth-order valence-electron chi connectivity index (χ4n) is 2.58. The molecule has 3 heteroatoms. The highest BCUT2D eigenvalue weighted by Crippen LogP contribution is 2.38. The topological polar surface area (TPSA) is 41.1 Å². The molecule has 3 nitrogen and oxygen atoms in total. The fraction of sp³-hybridized carbons (Fsp3) is 0.889. The van der Waals surface area contributed by atoms with Crippen molar-refractivity contribution in [2.24, 2.45) is 17.8 Å². The predicted molar refractivity (Wildman–Crippen MR) is 46.6 cm³/mol. The molecule has 0 aromatic heterocycles. The molecule has 1 amide bonds. The molecule has 0 radical (unpaired) electrons. The molecule has 0 spiro atoms. The van der Waals surface area contributed by atoms with Gasteiger partial charge in [0.2, 0.25) is 5.91 Å². The Labute approximate surface area is 72.9 Å². The van der Waals surface area contributed by atoms with E-state index in [0.717, 1.165) is 37.8 Å². The number of nitrogens with one attached hydrogen (secondary N) is 2. The lowest BCUT2D eigenvalue weighted by Crippen LogP contribution is -2.27. The first kappa shape index (κ1) is 8.05. The van der Waals surface area contributed by atoms with E-state index < -0.39 is 0 Å². The van der Waals surface area contributed by atoms with Crippen molar-refractivity contribution in [2.45, 2.75) is 12.8 Å². The van der Waals surface area contributed by atoms with E-state index in [1.807, 2.05) is 0 Å². The Morgan fingerprint density at radius 3 is 2.42 bits per heavy atom. The second-order valence-electron chi connectivity index (χ2n) is 3.96. The van der Waals surface area contributed by atoms with Gasteiger partial charge in [-0.05, 0) is 37.8 Å². The Bertz CT molecular complexity index is 181. The molecule has 68 valence electrons. The zero-order chi connectivity index (χ0) is 8.55. The summed E-state index contributed by atoms with van der Waals surface area (Å²) in [6.45, 7) is 2.25. The number of hydrogen-bond acceptors (Lipinski definition) is 2. The summed E-state index contributed by atoms with van der Waals surface area (Å²) in [6, 6.07) is 0. The van der Waals surface area contributed by atoms with Gasteiger partial charge in [0.05, 0.1) is 0 Å². The lowest BCUT2D eigenvalue weighted by molar-refractivity contribution is -0.124. The SMILES string of the molecule is CNC(=O)C1C[C@H]2CNC[C@H]2C1. The van der Waals surface area contributed by atoms with Gasteiger partial charge >= 0.3 is 0 Å². The van der Waals surface area contributed by atoms with Crippen LogP contribution in [0.1, 0.15) is 12.8 Å². The second-order valence-corrected chi connectivity index (χ2v) is 3.96. The smallest absolute Gasteiger partial charge is 0.222 e. The monoisotopic (exact) mass is 168 g/mol. The first-order valence-corrected chi connectivity index (χ1v) is 4.73. The Balaban J connectivity index is 1.94. The van der Waals surface area contributed by atoms with Crippen LogP contribution in [0.5, 0.6) is 0 Å². The number of fused-ring (bicyclic) bond motifs is 1. The maximum atomic E-state index is 11.3. The highest BCUT2D eigenvalue weighted by molar-refractivity contribution is 5.78. The molecular weight excluding hydrogens is 152 g/mol. The van der Waals surface area contributed by atoms with Crippen LogP contribution in [-0.4, -0.2) is 26.0 Å². The summed E-state index contributed by atoms with van der Waals surface area (Å²) in [5, 5.41) is 6.11. The van der Waals surface area contributed by atoms with Crippen molar-refractivity contribution >= 4 is 5.91 Å². The van der Waals surface area contributed by atoms with E-state index in [2.05, 4.69) is 10.6 Å². The van der Waals surface area contributed by atoms with E-state index in [9.17, 15) is 4.79 Å². The molecule has 1 aliphatic carbocycles. The van der Waals surface area contributed by atoms with Crippen LogP contribution in [0.2, 0.25) is 0 Å². The third-order valence-corrected chi connectivity index (χ3v) is 3.27. The molecule has 12 heavy (non-hydrogen) atoms. The second kappa shape index (κ2) is 3.05. The highest BCUT2D eigenvalue weighted by Gasteiger charge is 2.39. The molecule has 2 fully saturated rings. The first-order chi connectivity index (χ1) is 5.81. The lowest BCUT2D eigenvalue weighted by atomic mass is 10.0.